The molecular formula is C23H30N4S. The van der Waals surface area contributed by atoms with E-state index in [1.165, 1.54) is 22.0 Å². The lowest BCUT2D eigenvalue weighted by atomic mass is 9.91. The van der Waals surface area contributed by atoms with Crippen LogP contribution < -0.4 is 4.90 Å². The summed E-state index contributed by atoms with van der Waals surface area (Å²) in [4.78, 5) is 14.8. The zero-order chi connectivity index (χ0) is 19.7. The molecular weight excluding hydrogens is 364 g/mol. The van der Waals surface area contributed by atoms with E-state index in [-0.39, 0.29) is 12.1 Å². The van der Waals surface area contributed by atoms with E-state index in [0.717, 1.165) is 31.0 Å². The first-order valence-electron chi connectivity index (χ1n) is 10.4. The van der Waals surface area contributed by atoms with Gasteiger partial charge in [-0.05, 0) is 62.6 Å². The molecule has 3 atom stereocenters. The van der Waals surface area contributed by atoms with E-state index in [4.69, 9.17) is 4.99 Å². The summed E-state index contributed by atoms with van der Waals surface area (Å²) in [5.74, 6) is 1.14. The Morgan fingerprint density at radius 1 is 1.14 bits per heavy atom. The first-order chi connectivity index (χ1) is 13.7. The molecule has 148 valence electrons. The molecule has 1 aromatic heterocycles. The van der Waals surface area contributed by atoms with Crippen LogP contribution in [0, 0.1) is 6.92 Å². The topological polar surface area (TPSA) is 31.7 Å². The molecule has 4 nitrogen and oxygen atoms in total. The van der Waals surface area contributed by atoms with Gasteiger partial charge in [0.15, 0.2) is 5.17 Å². The van der Waals surface area contributed by atoms with Crippen molar-refractivity contribution in [2.24, 2.45) is 4.99 Å². The van der Waals surface area contributed by atoms with Crippen molar-refractivity contribution in [3.05, 3.63) is 59.4 Å². The van der Waals surface area contributed by atoms with Crippen LogP contribution in [0.4, 0.5) is 5.69 Å². The van der Waals surface area contributed by atoms with Crippen molar-refractivity contribution >= 4 is 22.6 Å². The van der Waals surface area contributed by atoms with Crippen LogP contribution in [0.3, 0.4) is 0 Å². The molecule has 0 spiro atoms. The molecule has 1 aromatic carbocycles. The average Bonchev–Trinajstić information content (AvgIpc) is 3.29. The molecule has 1 saturated heterocycles. The minimum absolute atomic E-state index is 0.0658. The fourth-order valence-electron chi connectivity index (χ4n) is 4.46. The number of aryl methyl sites for hydroxylation is 1. The number of nitrogens with zero attached hydrogens (tertiary/aromatic N) is 4. The summed E-state index contributed by atoms with van der Waals surface area (Å²) in [6.07, 6.45) is 3.03. The lowest BCUT2D eigenvalue weighted by Crippen LogP contribution is -2.35. The summed E-state index contributed by atoms with van der Waals surface area (Å²) in [6, 6.07) is 14.0. The smallest absolute Gasteiger partial charge is 0.160 e. The third-order valence-electron chi connectivity index (χ3n) is 6.03. The number of pyridine rings is 1. The number of fused-ring (bicyclic) bond motifs is 1. The fourth-order valence-corrected chi connectivity index (χ4v) is 5.80. The van der Waals surface area contributed by atoms with E-state index in [1.54, 1.807) is 0 Å². The summed E-state index contributed by atoms with van der Waals surface area (Å²) in [5.41, 5.74) is 5.10. The van der Waals surface area contributed by atoms with Gasteiger partial charge >= 0.3 is 0 Å². The molecule has 0 saturated carbocycles. The molecule has 2 aliphatic rings. The number of aliphatic imine (C=N–C) groups is 1. The molecule has 28 heavy (non-hydrogen) atoms. The van der Waals surface area contributed by atoms with Crippen LogP contribution >= 0.6 is 11.8 Å². The van der Waals surface area contributed by atoms with Gasteiger partial charge in [0.25, 0.3) is 0 Å². The van der Waals surface area contributed by atoms with Gasteiger partial charge in [0.1, 0.15) is 6.04 Å². The number of hydrogen-bond donors (Lipinski definition) is 0. The van der Waals surface area contributed by atoms with Crippen LogP contribution in [0.15, 0.2) is 47.6 Å². The largest absolute Gasteiger partial charge is 0.372 e. The third kappa shape index (κ3) is 3.30. The molecule has 0 aliphatic carbocycles. The van der Waals surface area contributed by atoms with Crippen molar-refractivity contribution in [2.45, 2.75) is 52.2 Å². The molecule has 2 aromatic rings. The van der Waals surface area contributed by atoms with Gasteiger partial charge in [0.05, 0.1) is 11.7 Å². The van der Waals surface area contributed by atoms with Crippen LogP contribution in [0.1, 0.15) is 56.1 Å². The van der Waals surface area contributed by atoms with Crippen LogP contribution in [0.2, 0.25) is 0 Å². The maximum Gasteiger partial charge on any atom is 0.160 e. The van der Waals surface area contributed by atoms with E-state index in [9.17, 15) is 0 Å². The second kappa shape index (κ2) is 8.16. The zero-order valence-electron chi connectivity index (χ0n) is 17.3. The van der Waals surface area contributed by atoms with E-state index in [1.807, 2.05) is 24.0 Å². The summed E-state index contributed by atoms with van der Waals surface area (Å²) in [5, 5.41) is 1.19. The minimum atomic E-state index is 0.0658. The Morgan fingerprint density at radius 2 is 1.96 bits per heavy atom. The van der Waals surface area contributed by atoms with Crippen LogP contribution in [-0.2, 0) is 0 Å². The SMILES string of the molecule is CC[C@H]1CSC2=N[C@H](c3ccccn3)[C@@H](c3ccc(N(CC)CC)cc3C)N21. The lowest BCUT2D eigenvalue weighted by molar-refractivity contribution is 0.254. The predicted molar refractivity (Wildman–Crippen MR) is 120 cm³/mol. The highest BCUT2D eigenvalue weighted by Gasteiger charge is 2.45. The van der Waals surface area contributed by atoms with Crippen molar-refractivity contribution in [2.75, 3.05) is 23.7 Å². The van der Waals surface area contributed by atoms with Crippen molar-refractivity contribution in [3.63, 3.8) is 0 Å². The van der Waals surface area contributed by atoms with Crippen LogP contribution in [0.5, 0.6) is 0 Å². The van der Waals surface area contributed by atoms with Crippen LogP contribution in [-0.4, -0.2) is 39.9 Å². The van der Waals surface area contributed by atoms with Crippen molar-refractivity contribution in [1.29, 1.82) is 0 Å². The first-order valence-corrected chi connectivity index (χ1v) is 11.4. The van der Waals surface area contributed by atoms with E-state index in [0.29, 0.717) is 6.04 Å². The standard InChI is InChI=1S/C23H30N4S/c1-5-17-15-28-23-25-21(20-10-8-9-13-24-20)22(27(17)23)19-12-11-18(14-16(19)4)26(6-2)7-3/h8-14,17,21-22H,5-7,15H2,1-4H3/t17-,21+,22+/m0/s1. The zero-order valence-corrected chi connectivity index (χ0v) is 18.1. The number of hydrogen-bond acceptors (Lipinski definition) is 5. The van der Waals surface area contributed by atoms with Crippen molar-refractivity contribution < 1.29 is 0 Å². The number of amidine groups is 1. The van der Waals surface area contributed by atoms with Gasteiger partial charge in [-0.25, -0.2) is 0 Å². The first kappa shape index (κ1) is 19.3. The van der Waals surface area contributed by atoms with Crippen molar-refractivity contribution in [1.82, 2.24) is 9.88 Å². The Hall–Kier alpha value is -2.01. The minimum Gasteiger partial charge on any atom is -0.372 e. The van der Waals surface area contributed by atoms with Crippen LogP contribution in [0.25, 0.3) is 0 Å². The highest BCUT2D eigenvalue weighted by Crippen LogP contribution is 2.49. The van der Waals surface area contributed by atoms with Gasteiger partial charge in [0, 0.05) is 36.8 Å². The highest BCUT2D eigenvalue weighted by molar-refractivity contribution is 8.14. The molecule has 0 amide bonds. The number of aromatic nitrogens is 1. The quantitative estimate of drug-likeness (QED) is 0.673. The Morgan fingerprint density at radius 3 is 2.61 bits per heavy atom. The molecule has 0 unspecified atom stereocenters. The predicted octanol–water partition coefficient (Wildman–Crippen LogP) is 5.22. The van der Waals surface area contributed by atoms with Crippen molar-refractivity contribution in [3.8, 4) is 0 Å². The van der Waals surface area contributed by atoms with Gasteiger partial charge in [0.2, 0.25) is 0 Å². The maximum atomic E-state index is 5.14. The summed E-state index contributed by atoms with van der Waals surface area (Å²) >= 11 is 1.90. The highest BCUT2D eigenvalue weighted by atomic mass is 32.2. The van der Waals surface area contributed by atoms with Gasteiger partial charge in [-0.2, -0.15) is 0 Å². The number of rotatable bonds is 6. The Kier molecular flexibility index (Phi) is 5.63. The van der Waals surface area contributed by atoms with E-state index < -0.39 is 0 Å². The molecule has 1 fully saturated rings. The molecule has 3 heterocycles. The summed E-state index contributed by atoms with van der Waals surface area (Å²) < 4.78 is 0. The molecule has 5 heteroatoms. The van der Waals surface area contributed by atoms with E-state index >= 15 is 0 Å². The Labute approximate surface area is 173 Å². The maximum absolute atomic E-state index is 5.14. The van der Waals surface area contributed by atoms with Gasteiger partial charge in [-0.15, -0.1) is 0 Å². The monoisotopic (exact) mass is 394 g/mol. The fraction of sp³-hybridized carbons (Fsp3) is 0.478. The average molecular weight is 395 g/mol. The number of thioether (sulfide) groups is 1. The second-order valence-corrected chi connectivity index (χ2v) is 8.54. The van der Waals surface area contributed by atoms with Gasteiger partial charge < -0.3 is 9.80 Å². The number of anilines is 1. The third-order valence-corrected chi connectivity index (χ3v) is 7.16. The molecule has 0 bridgehead atoms. The molecule has 0 radical (unpaired) electrons. The number of benzene rings is 1. The van der Waals surface area contributed by atoms with Gasteiger partial charge in [-0.1, -0.05) is 30.8 Å². The Balaban J connectivity index is 1.76. The molecule has 4 rings (SSSR count). The molecule has 0 N–H and O–H groups in total. The van der Waals surface area contributed by atoms with E-state index in [2.05, 4.69) is 72.8 Å². The molecule has 2 aliphatic heterocycles. The Bertz CT molecular complexity index is 847. The normalized spacial score (nSPS) is 23.6. The second-order valence-electron chi connectivity index (χ2n) is 7.55. The van der Waals surface area contributed by atoms with Gasteiger partial charge in [-0.3, -0.25) is 9.98 Å². The summed E-state index contributed by atoms with van der Waals surface area (Å²) in [6.45, 7) is 11.0. The summed E-state index contributed by atoms with van der Waals surface area (Å²) in [7, 11) is 0. The lowest BCUT2D eigenvalue weighted by Gasteiger charge is -2.33.